The molecule has 1 saturated heterocycles. The van der Waals surface area contributed by atoms with Crippen molar-refractivity contribution in [1.29, 1.82) is 0 Å². The van der Waals surface area contributed by atoms with Crippen LogP contribution in [0.25, 0.3) is 5.69 Å². The first-order valence-corrected chi connectivity index (χ1v) is 6.96. The first-order chi connectivity index (χ1) is 10.6. The second-order valence-corrected chi connectivity index (χ2v) is 5.15. The van der Waals surface area contributed by atoms with Crippen molar-refractivity contribution in [2.75, 3.05) is 19.4 Å². The Balaban J connectivity index is 1.94. The summed E-state index contributed by atoms with van der Waals surface area (Å²) < 4.78 is 6.86. The molecule has 2 aromatic rings. The van der Waals surface area contributed by atoms with Gasteiger partial charge in [0.25, 0.3) is 0 Å². The molecule has 3 rings (SSSR count). The van der Waals surface area contributed by atoms with Gasteiger partial charge in [0.1, 0.15) is 17.1 Å². The van der Waals surface area contributed by atoms with Gasteiger partial charge in [-0.05, 0) is 31.0 Å². The van der Waals surface area contributed by atoms with Gasteiger partial charge in [0.15, 0.2) is 0 Å². The van der Waals surface area contributed by atoms with E-state index < -0.39 is 6.09 Å². The number of amides is 1. The number of nitrogen functional groups attached to an aromatic ring is 1. The summed E-state index contributed by atoms with van der Waals surface area (Å²) in [5.74, 6) is 0.618. The van der Waals surface area contributed by atoms with Crippen LogP contribution in [-0.2, 0) is 0 Å². The van der Waals surface area contributed by atoms with E-state index in [0.717, 1.165) is 12.8 Å². The van der Waals surface area contributed by atoms with E-state index in [1.54, 1.807) is 36.2 Å². The van der Waals surface area contributed by atoms with Crippen LogP contribution in [-0.4, -0.2) is 44.7 Å². The third-order valence-corrected chi connectivity index (χ3v) is 3.80. The second kappa shape index (κ2) is 5.55. The van der Waals surface area contributed by atoms with E-state index in [4.69, 9.17) is 10.5 Å². The fraction of sp³-hybridized carbons (Fsp3) is 0.357. The van der Waals surface area contributed by atoms with Crippen molar-refractivity contribution in [2.45, 2.75) is 18.9 Å². The zero-order valence-corrected chi connectivity index (χ0v) is 12.1. The lowest BCUT2D eigenvalue weighted by Gasteiger charge is -2.18. The predicted molar refractivity (Wildman–Crippen MR) is 79.0 cm³/mol. The van der Waals surface area contributed by atoms with Crippen LogP contribution in [0.15, 0.2) is 24.4 Å². The number of benzene rings is 1. The van der Waals surface area contributed by atoms with Crippen molar-refractivity contribution in [2.24, 2.45) is 0 Å². The number of nitrogens with two attached hydrogens (primary N) is 1. The minimum atomic E-state index is -0.932. The number of carbonyl (C=O) groups is 1. The molecule has 1 fully saturated rings. The lowest BCUT2D eigenvalue weighted by Crippen LogP contribution is -2.28. The third-order valence-electron chi connectivity index (χ3n) is 3.80. The molecule has 1 atom stereocenters. The molecule has 1 aromatic heterocycles. The molecular weight excluding hydrogens is 286 g/mol. The minimum absolute atomic E-state index is 0.252. The molecule has 8 nitrogen and oxygen atoms in total. The monoisotopic (exact) mass is 303 g/mol. The van der Waals surface area contributed by atoms with Gasteiger partial charge in [-0.3, -0.25) is 4.90 Å². The summed E-state index contributed by atoms with van der Waals surface area (Å²) in [7, 11) is 1.57. The van der Waals surface area contributed by atoms with Gasteiger partial charge in [0.05, 0.1) is 19.3 Å². The highest BCUT2D eigenvalue weighted by Crippen LogP contribution is 2.31. The van der Waals surface area contributed by atoms with Crippen LogP contribution in [0.5, 0.6) is 5.75 Å². The molecular formula is C14H17N5O3. The van der Waals surface area contributed by atoms with Crippen molar-refractivity contribution in [3.8, 4) is 11.4 Å². The van der Waals surface area contributed by atoms with E-state index in [-0.39, 0.29) is 6.04 Å². The smallest absolute Gasteiger partial charge is 0.407 e. The normalized spacial score (nSPS) is 17.7. The van der Waals surface area contributed by atoms with Crippen molar-refractivity contribution >= 4 is 11.8 Å². The Hall–Kier alpha value is -2.77. The molecule has 0 aliphatic carbocycles. The SMILES string of the molecule is COc1ccc(N)cc1-n1cc(C2CCCN2C(=O)O)nn1. The number of anilines is 1. The maximum absolute atomic E-state index is 11.2. The largest absolute Gasteiger partial charge is 0.494 e. The summed E-state index contributed by atoms with van der Waals surface area (Å²) in [6.45, 7) is 0.522. The molecule has 0 bridgehead atoms. The standard InChI is InChI=1S/C14H17N5O3/c1-22-13-5-4-9(15)7-12(13)19-8-10(16-17-19)11-3-2-6-18(11)14(20)21/h4-5,7-8,11H,2-3,6,15H2,1H3,(H,20,21). The Morgan fingerprint density at radius 1 is 1.50 bits per heavy atom. The number of rotatable bonds is 3. The highest BCUT2D eigenvalue weighted by atomic mass is 16.5. The number of carboxylic acid groups (broad SMARTS) is 1. The molecule has 3 N–H and O–H groups in total. The van der Waals surface area contributed by atoms with Gasteiger partial charge < -0.3 is 15.6 Å². The van der Waals surface area contributed by atoms with Gasteiger partial charge in [0, 0.05) is 12.2 Å². The van der Waals surface area contributed by atoms with Gasteiger partial charge in [-0.1, -0.05) is 5.21 Å². The van der Waals surface area contributed by atoms with Gasteiger partial charge in [0.2, 0.25) is 0 Å². The lowest BCUT2D eigenvalue weighted by atomic mass is 10.1. The fourth-order valence-electron chi connectivity index (χ4n) is 2.74. The number of ether oxygens (including phenoxy) is 1. The van der Waals surface area contributed by atoms with E-state index in [9.17, 15) is 9.90 Å². The lowest BCUT2D eigenvalue weighted by molar-refractivity contribution is 0.139. The number of hydrogen-bond acceptors (Lipinski definition) is 5. The summed E-state index contributed by atoms with van der Waals surface area (Å²) >= 11 is 0. The molecule has 22 heavy (non-hydrogen) atoms. The highest BCUT2D eigenvalue weighted by molar-refractivity contribution is 5.66. The fourth-order valence-corrected chi connectivity index (χ4v) is 2.74. The van der Waals surface area contributed by atoms with Crippen molar-refractivity contribution in [3.63, 3.8) is 0 Å². The number of likely N-dealkylation sites (tertiary alicyclic amines) is 1. The van der Waals surface area contributed by atoms with Crippen LogP contribution >= 0.6 is 0 Å². The van der Waals surface area contributed by atoms with Gasteiger partial charge in [-0.2, -0.15) is 0 Å². The molecule has 1 aliphatic rings. The summed E-state index contributed by atoms with van der Waals surface area (Å²) in [5.41, 5.74) is 7.69. The quantitative estimate of drug-likeness (QED) is 0.835. The Bertz CT molecular complexity index is 700. The minimum Gasteiger partial charge on any atom is -0.494 e. The zero-order chi connectivity index (χ0) is 15.7. The molecule has 2 heterocycles. The highest BCUT2D eigenvalue weighted by Gasteiger charge is 2.32. The molecule has 1 amide bonds. The van der Waals surface area contributed by atoms with E-state index in [0.29, 0.717) is 29.4 Å². The number of methoxy groups -OCH3 is 1. The Labute approximate surface area is 127 Å². The number of aromatic nitrogens is 3. The van der Waals surface area contributed by atoms with Crippen molar-refractivity contribution < 1.29 is 14.6 Å². The van der Waals surface area contributed by atoms with Gasteiger partial charge in [-0.25, -0.2) is 9.48 Å². The van der Waals surface area contributed by atoms with Gasteiger partial charge in [-0.15, -0.1) is 5.10 Å². The zero-order valence-electron chi connectivity index (χ0n) is 12.1. The average molecular weight is 303 g/mol. The van der Waals surface area contributed by atoms with Crippen LogP contribution in [0, 0.1) is 0 Å². The van der Waals surface area contributed by atoms with E-state index in [1.807, 2.05) is 0 Å². The maximum atomic E-state index is 11.2. The third kappa shape index (κ3) is 2.43. The molecule has 0 radical (unpaired) electrons. The molecule has 1 aromatic carbocycles. The second-order valence-electron chi connectivity index (χ2n) is 5.15. The first-order valence-electron chi connectivity index (χ1n) is 6.96. The topological polar surface area (TPSA) is 106 Å². The van der Waals surface area contributed by atoms with Crippen LogP contribution in [0.3, 0.4) is 0 Å². The van der Waals surface area contributed by atoms with Crippen LogP contribution in [0.4, 0.5) is 10.5 Å². The maximum Gasteiger partial charge on any atom is 0.407 e. The molecule has 116 valence electrons. The Kier molecular flexibility index (Phi) is 3.58. The molecule has 1 unspecified atom stereocenters. The van der Waals surface area contributed by atoms with Crippen LogP contribution < -0.4 is 10.5 Å². The average Bonchev–Trinajstić information content (AvgIpc) is 3.15. The summed E-state index contributed by atoms with van der Waals surface area (Å²) in [5, 5.41) is 17.4. The summed E-state index contributed by atoms with van der Waals surface area (Å²) in [4.78, 5) is 12.6. The van der Waals surface area contributed by atoms with Crippen molar-refractivity contribution in [1.82, 2.24) is 19.9 Å². The van der Waals surface area contributed by atoms with E-state index in [1.165, 1.54) is 4.90 Å². The first kappa shape index (κ1) is 14.2. The number of nitrogens with zero attached hydrogens (tertiary/aromatic N) is 4. The van der Waals surface area contributed by atoms with E-state index in [2.05, 4.69) is 10.3 Å². The molecule has 1 aliphatic heterocycles. The van der Waals surface area contributed by atoms with E-state index >= 15 is 0 Å². The van der Waals surface area contributed by atoms with Crippen LogP contribution in [0.2, 0.25) is 0 Å². The molecule has 0 spiro atoms. The van der Waals surface area contributed by atoms with Crippen molar-refractivity contribution in [3.05, 3.63) is 30.1 Å². The predicted octanol–water partition coefficient (Wildman–Crippen LogP) is 1.67. The summed E-state index contributed by atoms with van der Waals surface area (Å²) in [6.07, 6.45) is 2.37. The van der Waals surface area contributed by atoms with Gasteiger partial charge >= 0.3 is 6.09 Å². The molecule has 8 heteroatoms. The Morgan fingerprint density at radius 3 is 3.05 bits per heavy atom. The summed E-state index contributed by atoms with van der Waals surface area (Å²) in [6, 6.07) is 4.98. The number of hydrogen-bond donors (Lipinski definition) is 2. The molecule has 0 saturated carbocycles. The van der Waals surface area contributed by atoms with Crippen LogP contribution in [0.1, 0.15) is 24.6 Å². The Morgan fingerprint density at radius 2 is 2.32 bits per heavy atom.